The van der Waals surface area contributed by atoms with Crippen LogP contribution in [0.15, 0.2) is 0 Å². The van der Waals surface area contributed by atoms with Crippen LogP contribution in [0.1, 0.15) is 27.7 Å². The van der Waals surface area contributed by atoms with E-state index in [4.69, 9.17) is 0 Å². The van der Waals surface area contributed by atoms with Crippen molar-refractivity contribution in [2.75, 3.05) is 6.54 Å². The third-order valence-electron chi connectivity index (χ3n) is 3.58. The molecule has 0 spiro atoms. The van der Waals surface area contributed by atoms with E-state index in [9.17, 15) is 0 Å². The van der Waals surface area contributed by atoms with E-state index in [0.29, 0.717) is 0 Å². The molecule has 1 rings (SSSR count). The van der Waals surface area contributed by atoms with Gasteiger partial charge < -0.3 is 4.23 Å². The Kier molecular flexibility index (Phi) is 3.18. The predicted octanol–water partition coefficient (Wildman–Crippen LogP) is 2.20. The fourth-order valence-electron chi connectivity index (χ4n) is 2.23. The number of hydrogen-bond acceptors (Lipinski definition) is 1. The number of nitrogens with zero attached hydrogens (tertiary/aromatic N) is 1. The molecule has 0 radical (unpaired) electrons. The van der Waals surface area contributed by atoms with Crippen LogP contribution in [-0.2, 0) is 0 Å². The molecule has 1 saturated heterocycles. The minimum absolute atomic E-state index is 0.105. The molecule has 1 aliphatic rings. The van der Waals surface area contributed by atoms with Crippen LogP contribution >= 0.6 is 0 Å². The molecule has 0 aliphatic carbocycles. The molecule has 1 aliphatic heterocycles. The van der Waals surface area contributed by atoms with Crippen molar-refractivity contribution in [1.82, 2.24) is 4.23 Å². The fourth-order valence-corrected chi connectivity index (χ4v) is 11.0. The summed E-state index contributed by atoms with van der Waals surface area (Å²) in [5, 5.41) is 0. The first-order chi connectivity index (χ1) is 5.50. The molecular weight excluding hydrogens is 178 g/mol. The first-order valence-electron chi connectivity index (χ1n) is 5.25. The Labute approximate surface area is 80.5 Å². The lowest BCUT2D eigenvalue weighted by atomic mass is 10.5. The van der Waals surface area contributed by atoms with Crippen LogP contribution in [0, 0.1) is 0 Å². The molecule has 0 bridgehead atoms. The molecule has 1 fully saturated rings. The average Bonchev–Trinajstić information content (AvgIpc) is 2.02. The summed E-state index contributed by atoms with van der Waals surface area (Å²) in [6.45, 7) is 13.6. The van der Waals surface area contributed by atoms with Crippen molar-refractivity contribution in [3.63, 3.8) is 0 Å². The molecule has 0 aromatic heterocycles. The highest BCUT2D eigenvalue weighted by atomic mass is 28.4. The largest absolute Gasteiger partial charge is 0.350 e. The number of hydrogen-bond donors (Lipinski definition) is 0. The van der Waals surface area contributed by atoms with Crippen molar-refractivity contribution in [3.8, 4) is 0 Å². The quantitative estimate of drug-likeness (QED) is 0.633. The second-order valence-corrected chi connectivity index (χ2v) is 13.3. The van der Waals surface area contributed by atoms with Crippen molar-refractivity contribution in [2.45, 2.75) is 51.4 Å². The molecule has 0 aromatic carbocycles. The van der Waals surface area contributed by atoms with E-state index in [-0.39, 0.29) is 9.68 Å². The standard InChI is InChI=1S/C9H23NSi2/c1-6-12(5)9(4)7-10(12)11-8(2)3/h8-9H,6-7,11H2,1-5H3. The summed E-state index contributed by atoms with van der Waals surface area (Å²) in [6, 6.07) is 1.47. The first-order valence-corrected chi connectivity index (χ1v) is 9.43. The fraction of sp³-hybridized carbons (Fsp3) is 1.00. The van der Waals surface area contributed by atoms with E-state index in [1.54, 1.807) is 0 Å². The summed E-state index contributed by atoms with van der Waals surface area (Å²) in [7, 11) is -0.766. The molecule has 12 heavy (non-hydrogen) atoms. The van der Waals surface area contributed by atoms with Gasteiger partial charge in [0.15, 0.2) is 0 Å². The molecule has 3 heteroatoms. The lowest BCUT2D eigenvalue weighted by Crippen LogP contribution is -2.67. The zero-order valence-corrected chi connectivity index (χ0v) is 11.6. The van der Waals surface area contributed by atoms with Gasteiger partial charge in [-0.05, 0) is 23.7 Å². The first kappa shape index (κ1) is 10.5. The van der Waals surface area contributed by atoms with Gasteiger partial charge in [0, 0.05) is 0 Å². The zero-order valence-electron chi connectivity index (χ0n) is 9.22. The van der Waals surface area contributed by atoms with E-state index >= 15 is 0 Å². The summed E-state index contributed by atoms with van der Waals surface area (Å²) in [4.78, 5) is 0. The van der Waals surface area contributed by atoms with Gasteiger partial charge in [0.1, 0.15) is 8.24 Å². The van der Waals surface area contributed by atoms with Gasteiger partial charge >= 0.3 is 0 Å². The van der Waals surface area contributed by atoms with Gasteiger partial charge in [0.2, 0.25) is 0 Å². The maximum Gasteiger partial charge on any atom is 0.122 e. The van der Waals surface area contributed by atoms with Crippen LogP contribution in [0.2, 0.25) is 23.7 Å². The minimum atomic E-state index is -0.871. The summed E-state index contributed by atoms with van der Waals surface area (Å²) >= 11 is 0. The van der Waals surface area contributed by atoms with Crippen molar-refractivity contribution in [2.24, 2.45) is 0 Å². The maximum atomic E-state index is 2.92. The molecular formula is C9H23NSi2. The summed E-state index contributed by atoms with van der Waals surface area (Å²) in [5.41, 5.74) is 2.05. The van der Waals surface area contributed by atoms with Crippen LogP contribution in [0.4, 0.5) is 0 Å². The van der Waals surface area contributed by atoms with Crippen LogP contribution in [-0.4, -0.2) is 28.7 Å². The molecule has 0 aromatic rings. The van der Waals surface area contributed by atoms with E-state index in [2.05, 4.69) is 38.5 Å². The Balaban J connectivity index is 2.48. The molecule has 2 unspecified atom stereocenters. The summed E-state index contributed by atoms with van der Waals surface area (Å²) in [5.74, 6) is 0. The summed E-state index contributed by atoms with van der Waals surface area (Å²) < 4.78 is 2.92. The van der Waals surface area contributed by atoms with Crippen molar-refractivity contribution >= 4 is 17.9 Å². The zero-order chi connectivity index (χ0) is 9.35. The Hall–Kier alpha value is 0.394. The Morgan fingerprint density at radius 3 is 2.50 bits per heavy atom. The van der Waals surface area contributed by atoms with E-state index in [1.807, 2.05) is 0 Å². The highest BCUT2D eigenvalue weighted by molar-refractivity contribution is 6.85. The third-order valence-corrected chi connectivity index (χ3v) is 13.1. The SMILES string of the molecule is CC[Si]1(C)C(C)CN1[SiH2]C(C)C. The van der Waals surface area contributed by atoms with Gasteiger partial charge in [0.25, 0.3) is 0 Å². The normalized spacial score (nSPS) is 38.0. The van der Waals surface area contributed by atoms with Crippen molar-refractivity contribution < 1.29 is 0 Å². The number of rotatable bonds is 3. The monoisotopic (exact) mass is 201 g/mol. The maximum absolute atomic E-state index is 2.92. The van der Waals surface area contributed by atoms with Crippen molar-refractivity contribution in [1.29, 1.82) is 0 Å². The summed E-state index contributed by atoms with van der Waals surface area (Å²) in [6.07, 6.45) is 0. The van der Waals surface area contributed by atoms with Crippen molar-refractivity contribution in [3.05, 3.63) is 0 Å². The van der Waals surface area contributed by atoms with Crippen LogP contribution in [0.3, 0.4) is 0 Å². The molecule has 72 valence electrons. The molecule has 0 amide bonds. The van der Waals surface area contributed by atoms with E-state index < -0.39 is 8.24 Å². The van der Waals surface area contributed by atoms with Gasteiger partial charge in [0.05, 0.1) is 9.68 Å². The van der Waals surface area contributed by atoms with E-state index in [1.165, 1.54) is 12.6 Å². The Morgan fingerprint density at radius 1 is 1.58 bits per heavy atom. The Morgan fingerprint density at radius 2 is 2.17 bits per heavy atom. The highest BCUT2D eigenvalue weighted by Crippen LogP contribution is 2.39. The van der Waals surface area contributed by atoms with Gasteiger partial charge in [-0.15, -0.1) is 0 Å². The smallest absolute Gasteiger partial charge is 0.122 e. The van der Waals surface area contributed by atoms with Crippen LogP contribution in [0.25, 0.3) is 0 Å². The van der Waals surface area contributed by atoms with Gasteiger partial charge in [-0.2, -0.15) is 0 Å². The molecule has 0 saturated carbocycles. The molecule has 1 nitrogen and oxygen atoms in total. The lowest BCUT2D eigenvalue weighted by molar-refractivity contribution is 0.490. The van der Waals surface area contributed by atoms with Crippen LogP contribution in [0.5, 0.6) is 0 Å². The third kappa shape index (κ3) is 1.68. The minimum Gasteiger partial charge on any atom is -0.350 e. The Bertz CT molecular complexity index is 161. The highest BCUT2D eigenvalue weighted by Gasteiger charge is 2.47. The second kappa shape index (κ2) is 3.64. The predicted molar refractivity (Wildman–Crippen MR) is 61.9 cm³/mol. The van der Waals surface area contributed by atoms with Gasteiger partial charge in [-0.1, -0.05) is 34.2 Å². The molecule has 2 atom stereocenters. The van der Waals surface area contributed by atoms with Gasteiger partial charge in [-0.25, -0.2) is 0 Å². The topological polar surface area (TPSA) is 3.24 Å². The van der Waals surface area contributed by atoms with Crippen LogP contribution < -0.4 is 0 Å². The average molecular weight is 201 g/mol. The van der Waals surface area contributed by atoms with Gasteiger partial charge in [-0.3, -0.25) is 0 Å². The van der Waals surface area contributed by atoms with E-state index in [0.717, 1.165) is 11.1 Å². The lowest BCUT2D eigenvalue weighted by Gasteiger charge is -2.55. The second-order valence-electron chi connectivity index (χ2n) is 4.91. The molecule has 0 N–H and O–H groups in total. The molecule has 1 heterocycles.